The number of phenolic OH excluding ortho intramolecular Hbond substituents is 1. The molecular formula is C43H69N13O12Tc. The number of nitrogens with zero attached hydrogens (tertiary/aromatic N) is 4. The fourth-order valence-electron chi connectivity index (χ4n) is 6.76. The summed E-state index contributed by atoms with van der Waals surface area (Å²) in [6, 6.07) is 2.34. The molecule has 0 unspecified atom stereocenters. The van der Waals surface area contributed by atoms with Crippen LogP contribution >= 0.6 is 0 Å². The van der Waals surface area contributed by atoms with Crippen molar-refractivity contribution in [3.8, 4) is 5.75 Å². The molecule has 1 aliphatic heterocycles. The second-order valence-corrected chi connectivity index (χ2v) is 15.2. The van der Waals surface area contributed by atoms with Crippen LogP contribution in [0.25, 0.3) is 0 Å². The summed E-state index contributed by atoms with van der Waals surface area (Å²) in [5.41, 5.74) is 19.2. The van der Waals surface area contributed by atoms with Gasteiger partial charge in [0, 0.05) is 71.4 Å². The Balaban J connectivity index is 0. The second kappa shape index (κ2) is 37.4. The molecule has 26 heteroatoms. The number of carbonyl (C=O) groups excluding carboxylic acids is 9. The third-order valence-corrected chi connectivity index (χ3v) is 9.97. The molecule has 69 heavy (non-hydrogen) atoms. The number of aryl methyl sites for hydroxylation is 2. The number of carbonyl (C=O) groups is 10. The third-order valence-electron chi connectivity index (χ3n) is 9.97. The molecular weight excluding hydrogens is 989 g/mol. The van der Waals surface area contributed by atoms with E-state index in [1.165, 1.54) is 24.3 Å². The summed E-state index contributed by atoms with van der Waals surface area (Å²) in [6.45, 7) is 13.0. The van der Waals surface area contributed by atoms with Crippen LogP contribution in [0.5, 0.6) is 5.75 Å². The van der Waals surface area contributed by atoms with Gasteiger partial charge in [-0.2, -0.15) is 5.10 Å². The summed E-state index contributed by atoms with van der Waals surface area (Å²) in [4.78, 5) is 122. The molecule has 0 bridgehead atoms. The van der Waals surface area contributed by atoms with Gasteiger partial charge in [0.1, 0.15) is 50.3 Å². The van der Waals surface area contributed by atoms with Gasteiger partial charge in [-0.15, -0.1) is 0 Å². The van der Waals surface area contributed by atoms with Gasteiger partial charge in [0.15, 0.2) is 5.96 Å². The number of carboxylic acids is 1. The molecule has 1 saturated heterocycles. The van der Waals surface area contributed by atoms with Gasteiger partial charge in [-0.1, -0.05) is 12.1 Å². The molecule has 1 radical (unpaired) electrons. The van der Waals surface area contributed by atoms with Gasteiger partial charge in [0.25, 0.3) is 0 Å². The number of carboxylic acid groups (broad SMARTS) is 1. The molecule has 14 N–H and O–H groups in total. The average Bonchev–Trinajstić information content (AvgIpc) is 3.64. The summed E-state index contributed by atoms with van der Waals surface area (Å²) in [5.74, 6) is -6.00. The fourth-order valence-corrected chi connectivity index (χ4v) is 6.76. The normalized spacial score (nSPS) is 17.2. The molecule has 1 aromatic heterocycles. The van der Waals surface area contributed by atoms with Crippen LogP contribution in [0.3, 0.4) is 0 Å². The van der Waals surface area contributed by atoms with E-state index in [0.29, 0.717) is 51.0 Å². The molecule has 0 spiro atoms. The number of benzene rings is 1. The number of hydrogen-bond donors (Lipinski definition) is 11. The van der Waals surface area contributed by atoms with Crippen molar-refractivity contribution in [2.75, 3.05) is 45.8 Å². The Bertz CT molecular complexity index is 1910. The molecule has 2 heterocycles. The third kappa shape index (κ3) is 27.1. The van der Waals surface area contributed by atoms with Gasteiger partial charge in [-0.05, 0) is 82.7 Å². The monoisotopic (exact) mass is 1060 g/mol. The van der Waals surface area contributed by atoms with Crippen molar-refractivity contribution in [2.24, 2.45) is 22.2 Å². The zero-order chi connectivity index (χ0) is 51.6. The molecule has 0 aliphatic carbocycles. The van der Waals surface area contributed by atoms with Crippen LogP contribution in [0.1, 0.15) is 68.3 Å². The molecule has 1 aromatic carbocycles. The minimum Gasteiger partial charge on any atom is -0.508 e. The number of guanidine groups is 1. The van der Waals surface area contributed by atoms with Crippen LogP contribution in [0.4, 0.5) is 0 Å². The van der Waals surface area contributed by atoms with Gasteiger partial charge in [-0.25, -0.2) is 0 Å². The zero-order valence-electron chi connectivity index (χ0n) is 39.2. The zero-order valence-corrected chi connectivity index (χ0v) is 41.1. The topological polar surface area (TPSA) is 395 Å². The Morgan fingerprint density at radius 2 is 1.39 bits per heavy atom. The Hall–Kier alpha value is -6.63. The largest absolute Gasteiger partial charge is 0.508 e. The fraction of sp³-hybridized carbons (Fsp3) is 0.535. The van der Waals surface area contributed by atoms with E-state index in [-0.39, 0.29) is 82.9 Å². The predicted molar refractivity (Wildman–Crippen MR) is 249 cm³/mol. The standard InChI is InChI=1S/C40H63N13O9.3CH2O.Tc/c1-25-21-26(2)53(51-25)20-19-52(18-14-41)17-6-9-33(55)44-15-4-3-7-30-37(60)48-29(8-5-16-45-40(42)43)36(59)46-24-34(56)47-32(23-35(57)58)39(62)50-31(38(61)49-30)22-27-10-12-28(54)13-11-27;3*1-2;/h10-13,21,29-32,54H,3-9,14-20,22-24,41H2,1-2H3,(H,44,55)(H,46,59)(H,47,56)(H,48,60)(H,49,61)(H,50,62)(H,57,58)(H4,42,43,45);3*1H2;/t29-,30-,31-,32-;;;;/m1..../s1/i;;;;1+1. The van der Waals surface area contributed by atoms with Gasteiger partial charge < -0.3 is 78.6 Å². The first-order valence-electron chi connectivity index (χ1n) is 21.6. The van der Waals surface area contributed by atoms with E-state index in [4.69, 9.17) is 31.6 Å². The minimum atomic E-state index is -1.63. The second-order valence-electron chi connectivity index (χ2n) is 15.2. The van der Waals surface area contributed by atoms with Gasteiger partial charge in [0.05, 0.1) is 25.2 Å². The van der Waals surface area contributed by atoms with Crippen molar-refractivity contribution < 1.29 is 78.3 Å². The van der Waals surface area contributed by atoms with Crippen molar-refractivity contribution in [3.63, 3.8) is 0 Å². The van der Waals surface area contributed by atoms with E-state index in [1.807, 2.05) is 45.0 Å². The molecule has 4 atom stereocenters. The van der Waals surface area contributed by atoms with Crippen LogP contribution in [-0.4, -0.2) is 163 Å². The van der Waals surface area contributed by atoms with Gasteiger partial charge >= 0.3 is 5.97 Å². The molecule has 25 nitrogen and oxygen atoms in total. The van der Waals surface area contributed by atoms with E-state index in [0.717, 1.165) is 17.9 Å². The quantitative estimate of drug-likeness (QED) is 0.0315. The molecule has 3 rings (SSSR count). The van der Waals surface area contributed by atoms with E-state index >= 15 is 0 Å². The maximum absolute atomic E-state index is 14.0. The number of aromatic nitrogens is 2. The Labute approximate surface area is 414 Å². The number of aliphatic imine (C=N–C) groups is 1. The first-order chi connectivity index (χ1) is 32.5. The summed E-state index contributed by atoms with van der Waals surface area (Å²) in [6.07, 6.45) is 1.000. The summed E-state index contributed by atoms with van der Waals surface area (Å²) >= 11 is 0. The number of unbranched alkanes of at least 4 members (excludes halogenated alkanes) is 1. The number of nitrogens with two attached hydrogens (primary N) is 3. The van der Waals surface area contributed by atoms with Crippen LogP contribution in [0.2, 0.25) is 0 Å². The number of aromatic hydroxyl groups is 1. The maximum atomic E-state index is 14.0. The van der Waals surface area contributed by atoms with Gasteiger partial charge in [-0.3, -0.25) is 43.2 Å². The molecule has 1 fully saturated rings. The molecule has 1 aliphatic rings. The van der Waals surface area contributed by atoms with E-state index < -0.39 is 72.6 Å². The Morgan fingerprint density at radius 1 is 0.812 bits per heavy atom. The smallest absolute Gasteiger partial charge is 0.305 e. The predicted octanol–water partition coefficient (Wildman–Crippen LogP) is -3.18. The summed E-state index contributed by atoms with van der Waals surface area (Å²) in [5, 5.41) is 39.3. The first-order valence-corrected chi connectivity index (χ1v) is 21.6. The van der Waals surface area contributed by atoms with Crippen molar-refractivity contribution in [1.29, 1.82) is 0 Å². The van der Waals surface area contributed by atoms with E-state index in [9.17, 15) is 43.8 Å². The van der Waals surface area contributed by atoms with Crippen molar-refractivity contribution in [1.82, 2.24) is 46.6 Å². The van der Waals surface area contributed by atoms with Crippen molar-refractivity contribution in [3.05, 3.63) is 47.3 Å². The number of amides is 6. The molecule has 0 saturated carbocycles. The van der Waals surface area contributed by atoms with Crippen LogP contribution < -0.4 is 49.1 Å². The Kier molecular flexibility index (Phi) is 34.9. The van der Waals surface area contributed by atoms with E-state index in [2.05, 4.69) is 46.9 Å². The minimum absolute atomic E-state index is 0. The summed E-state index contributed by atoms with van der Waals surface area (Å²) < 4.78 is 1.95. The van der Waals surface area contributed by atoms with Gasteiger partial charge in [0.2, 0.25) is 35.4 Å². The Morgan fingerprint density at radius 3 is 1.97 bits per heavy atom. The maximum Gasteiger partial charge on any atom is 0.305 e. The number of aliphatic carboxylic acids is 1. The van der Waals surface area contributed by atoms with Crippen molar-refractivity contribution >= 4 is 67.7 Å². The molecule has 6 amide bonds. The molecule has 2 aromatic rings. The number of nitrogens with one attached hydrogen (secondary N) is 6. The van der Waals surface area contributed by atoms with Crippen molar-refractivity contribution in [2.45, 2.75) is 102 Å². The summed E-state index contributed by atoms with van der Waals surface area (Å²) in [7, 11) is 0. The number of phenols is 1. The molecule has 385 valence electrons. The number of hydrogen-bond acceptors (Lipinski definition) is 15. The van der Waals surface area contributed by atoms with E-state index in [1.54, 1.807) is 0 Å². The number of rotatable bonds is 22. The first kappa shape index (κ1) is 64.5. The van der Waals surface area contributed by atoms with Crippen LogP contribution in [0.15, 0.2) is 35.3 Å². The SMILES string of the molecule is C=O.C=O.C=O.Cc1cc(C)n(CCN(CCN)CCCC(=O)NCCCC[C@H]2NC(=O)[C@@H](Cc3ccc(O)cc3)NC(=O)[C@@H](CC(=O)O)NC(=O)CNC(=O)[C@@H](CCCN=C(N)N)NC2=O)n1.[99Tc]. The van der Waals surface area contributed by atoms with Crippen LogP contribution in [-0.2, 0) is 81.0 Å². The van der Waals surface area contributed by atoms with Crippen LogP contribution in [0, 0.1) is 13.8 Å². The average molecular weight is 1060 g/mol.